The molecule has 1 unspecified atom stereocenters. The van der Waals surface area contributed by atoms with E-state index in [0.29, 0.717) is 23.6 Å². The molecule has 0 heterocycles. The van der Waals surface area contributed by atoms with Crippen LogP contribution in [0.5, 0.6) is 0 Å². The van der Waals surface area contributed by atoms with Gasteiger partial charge in [0.25, 0.3) is 0 Å². The van der Waals surface area contributed by atoms with Crippen LogP contribution in [0.1, 0.15) is 50.6 Å². The number of carbonyl (C=O) groups excluding carboxylic acids is 2. The standard InChI is InChI=1S/C22H25ClN2O4S/c1-15(26)24-21(16-9-11-17(23)12-10-16)14-22(27)25-18-5-4-8-20(13-18)30(28,29)19-6-2-3-7-19/h4-5,8-13,19,21H,2-3,6-7,14H2,1H3,(H,24,26)(H,25,27). The zero-order valence-electron chi connectivity index (χ0n) is 16.7. The second-order valence-corrected chi connectivity index (χ2v) is 10.2. The molecule has 0 spiro atoms. The van der Waals surface area contributed by atoms with Gasteiger partial charge in [-0.15, -0.1) is 0 Å². The summed E-state index contributed by atoms with van der Waals surface area (Å²) in [4.78, 5) is 24.4. The van der Waals surface area contributed by atoms with Gasteiger partial charge in [-0.3, -0.25) is 9.59 Å². The Kier molecular flexibility index (Phi) is 7.15. The molecule has 1 atom stereocenters. The minimum absolute atomic E-state index is 0.000809. The molecule has 8 heteroatoms. The number of anilines is 1. The van der Waals surface area contributed by atoms with E-state index in [4.69, 9.17) is 11.6 Å². The van der Waals surface area contributed by atoms with Gasteiger partial charge in [-0.2, -0.15) is 0 Å². The lowest BCUT2D eigenvalue weighted by Crippen LogP contribution is -2.29. The van der Waals surface area contributed by atoms with E-state index in [-0.39, 0.29) is 28.4 Å². The summed E-state index contributed by atoms with van der Waals surface area (Å²) < 4.78 is 25.6. The van der Waals surface area contributed by atoms with Gasteiger partial charge in [0.05, 0.1) is 22.6 Å². The molecule has 2 aromatic rings. The molecule has 6 nitrogen and oxygen atoms in total. The molecule has 0 bridgehead atoms. The van der Waals surface area contributed by atoms with Crippen molar-refractivity contribution in [1.82, 2.24) is 5.32 Å². The molecule has 0 aromatic heterocycles. The summed E-state index contributed by atoms with van der Waals surface area (Å²) in [5.74, 6) is -0.591. The van der Waals surface area contributed by atoms with Crippen molar-refractivity contribution in [2.75, 3.05) is 5.32 Å². The summed E-state index contributed by atoms with van der Waals surface area (Å²) in [7, 11) is -3.40. The first kappa shape index (κ1) is 22.3. The van der Waals surface area contributed by atoms with Crippen molar-refractivity contribution < 1.29 is 18.0 Å². The van der Waals surface area contributed by atoms with Crippen molar-refractivity contribution in [3.8, 4) is 0 Å². The first-order valence-corrected chi connectivity index (χ1v) is 11.8. The van der Waals surface area contributed by atoms with Gasteiger partial charge in [0.2, 0.25) is 11.8 Å². The Morgan fingerprint density at radius 1 is 1.10 bits per heavy atom. The Bertz CT molecular complexity index is 1020. The van der Waals surface area contributed by atoms with Crippen LogP contribution in [-0.4, -0.2) is 25.5 Å². The lowest BCUT2D eigenvalue weighted by atomic mass is 10.0. The van der Waals surface area contributed by atoms with Crippen LogP contribution in [0.4, 0.5) is 5.69 Å². The van der Waals surface area contributed by atoms with Gasteiger partial charge in [0.1, 0.15) is 0 Å². The summed E-state index contributed by atoms with van der Waals surface area (Å²) in [6.07, 6.45) is 3.21. The fraction of sp³-hybridized carbons (Fsp3) is 0.364. The second-order valence-electron chi connectivity index (χ2n) is 7.54. The number of carbonyl (C=O) groups is 2. The largest absolute Gasteiger partial charge is 0.349 e. The maximum atomic E-state index is 12.8. The van der Waals surface area contributed by atoms with Gasteiger partial charge in [-0.1, -0.05) is 42.6 Å². The Morgan fingerprint density at radius 3 is 2.40 bits per heavy atom. The third-order valence-electron chi connectivity index (χ3n) is 5.23. The smallest absolute Gasteiger partial charge is 0.226 e. The Hall–Kier alpha value is -2.38. The van der Waals surface area contributed by atoms with E-state index in [1.165, 1.54) is 13.0 Å². The first-order valence-electron chi connectivity index (χ1n) is 9.92. The third-order valence-corrected chi connectivity index (χ3v) is 7.74. The Balaban J connectivity index is 1.73. The van der Waals surface area contributed by atoms with Gasteiger partial charge in [0, 0.05) is 17.6 Å². The number of hydrogen-bond donors (Lipinski definition) is 2. The highest BCUT2D eigenvalue weighted by atomic mass is 35.5. The highest BCUT2D eigenvalue weighted by Gasteiger charge is 2.30. The van der Waals surface area contributed by atoms with Crippen LogP contribution in [0, 0.1) is 0 Å². The summed E-state index contributed by atoms with van der Waals surface area (Å²) in [5, 5.41) is 5.73. The second kappa shape index (κ2) is 9.62. The summed E-state index contributed by atoms with van der Waals surface area (Å²) >= 11 is 5.92. The van der Waals surface area contributed by atoms with Crippen LogP contribution in [0.15, 0.2) is 53.4 Å². The number of amides is 2. The molecule has 0 radical (unpaired) electrons. The number of rotatable bonds is 7. The molecule has 0 saturated heterocycles. The molecule has 0 aliphatic heterocycles. The number of halogens is 1. The lowest BCUT2D eigenvalue weighted by molar-refractivity contribution is -0.120. The topological polar surface area (TPSA) is 92.3 Å². The van der Waals surface area contributed by atoms with Crippen molar-refractivity contribution in [2.45, 2.75) is 55.2 Å². The van der Waals surface area contributed by atoms with E-state index in [0.717, 1.165) is 18.4 Å². The number of benzene rings is 2. The van der Waals surface area contributed by atoms with Crippen LogP contribution >= 0.6 is 11.6 Å². The zero-order chi connectivity index (χ0) is 21.7. The molecule has 1 aliphatic rings. The Labute approximate surface area is 181 Å². The Morgan fingerprint density at radius 2 is 1.77 bits per heavy atom. The van der Waals surface area contributed by atoms with Crippen LogP contribution in [-0.2, 0) is 19.4 Å². The van der Waals surface area contributed by atoms with E-state index in [1.807, 2.05) is 0 Å². The van der Waals surface area contributed by atoms with Crippen molar-refractivity contribution in [2.24, 2.45) is 0 Å². The molecule has 3 rings (SSSR count). The van der Waals surface area contributed by atoms with Gasteiger partial charge < -0.3 is 10.6 Å². The SMILES string of the molecule is CC(=O)NC(CC(=O)Nc1cccc(S(=O)(=O)C2CCCC2)c1)c1ccc(Cl)cc1. The lowest BCUT2D eigenvalue weighted by Gasteiger charge is -2.18. The fourth-order valence-electron chi connectivity index (χ4n) is 3.73. The number of sulfone groups is 1. The average Bonchev–Trinajstić information content (AvgIpc) is 3.23. The predicted molar refractivity (Wildman–Crippen MR) is 117 cm³/mol. The molecular weight excluding hydrogens is 424 g/mol. The van der Waals surface area contributed by atoms with Crippen molar-refractivity contribution in [3.63, 3.8) is 0 Å². The van der Waals surface area contributed by atoms with Crippen molar-refractivity contribution in [1.29, 1.82) is 0 Å². The monoisotopic (exact) mass is 448 g/mol. The normalized spacial score (nSPS) is 15.5. The maximum absolute atomic E-state index is 12.8. The van der Waals surface area contributed by atoms with Crippen LogP contribution in [0.2, 0.25) is 5.02 Å². The quantitative estimate of drug-likeness (QED) is 0.661. The molecule has 160 valence electrons. The van der Waals surface area contributed by atoms with Gasteiger partial charge in [-0.05, 0) is 48.7 Å². The molecule has 2 N–H and O–H groups in total. The molecule has 1 saturated carbocycles. The summed E-state index contributed by atoms with van der Waals surface area (Å²) in [6.45, 7) is 1.39. The van der Waals surface area contributed by atoms with E-state index >= 15 is 0 Å². The minimum Gasteiger partial charge on any atom is -0.349 e. The van der Waals surface area contributed by atoms with Gasteiger partial charge >= 0.3 is 0 Å². The van der Waals surface area contributed by atoms with Crippen LogP contribution in [0.3, 0.4) is 0 Å². The fourth-order valence-corrected chi connectivity index (χ4v) is 5.76. The number of hydrogen-bond acceptors (Lipinski definition) is 4. The van der Waals surface area contributed by atoms with Crippen molar-refractivity contribution >= 4 is 38.9 Å². The predicted octanol–water partition coefficient (Wildman–Crippen LogP) is 4.26. The average molecular weight is 449 g/mol. The molecular formula is C22H25ClN2O4S. The van der Waals surface area contributed by atoms with E-state index < -0.39 is 15.9 Å². The first-order chi connectivity index (χ1) is 14.3. The van der Waals surface area contributed by atoms with Crippen LogP contribution in [0.25, 0.3) is 0 Å². The van der Waals surface area contributed by atoms with Crippen molar-refractivity contribution in [3.05, 3.63) is 59.1 Å². The molecule has 2 amide bonds. The highest BCUT2D eigenvalue weighted by molar-refractivity contribution is 7.92. The highest BCUT2D eigenvalue weighted by Crippen LogP contribution is 2.30. The third kappa shape index (κ3) is 5.61. The van der Waals surface area contributed by atoms with E-state index in [9.17, 15) is 18.0 Å². The molecule has 1 fully saturated rings. The zero-order valence-corrected chi connectivity index (χ0v) is 18.3. The number of nitrogens with one attached hydrogen (secondary N) is 2. The molecule has 2 aromatic carbocycles. The van der Waals surface area contributed by atoms with E-state index in [2.05, 4.69) is 10.6 Å². The van der Waals surface area contributed by atoms with Gasteiger partial charge in [-0.25, -0.2) is 8.42 Å². The maximum Gasteiger partial charge on any atom is 0.226 e. The molecule has 30 heavy (non-hydrogen) atoms. The van der Waals surface area contributed by atoms with Gasteiger partial charge in [0.15, 0.2) is 9.84 Å². The summed E-state index contributed by atoms with van der Waals surface area (Å²) in [6, 6.07) is 12.7. The van der Waals surface area contributed by atoms with E-state index in [1.54, 1.807) is 42.5 Å². The minimum atomic E-state index is -3.40. The molecule has 1 aliphatic carbocycles. The summed E-state index contributed by atoms with van der Waals surface area (Å²) in [5.41, 5.74) is 1.17. The van der Waals surface area contributed by atoms with Crippen LogP contribution < -0.4 is 10.6 Å².